The summed E-state index contributed by atoms with van der Waals surface area (Å²) in [6.07, 6.45) is 3.12. The van der Waals surface area contributed by atoms with Crippen LogP contribution in [0.15, 0.2) is 30.3 Å². The molecule has 0 saturated carbocycles. The molecule has 2 heterocycles. The standard InChI is InChI=1S/C19H26N2O4/c22-17(23)15-5-4-10-21(13-15)18(24)20-14-19(8-11-25-12-9-19)16-6-2-1-3-7-16/h1-3,6-7,15H,4-5,8-14H2,(H,20,24)(H,22,23). The van der Waals surface area contributed by atoms with Crippen molar-refractivity contribution in [3.63, 3.8) is 0 Å². The number of rotatable bonds is 4. The first kappa shape index (κ1) is 17.7. The van der Waals surface area contributed by atoms with Crippen LogP contribution < -0.4 is 5.32 Å². The smallest absolute Gasteiger partial charge is 0.317 e. The number of piperidine rings is 1. The van der Waals surface area contributed by atoms with E-state index in [1.54, 1.807) is 4.90 Å². The number of hydrogen-bond donors (Lipinski definition) is 2. The zero-order chi connectivity index (χ0) is 17.7. The second-order valence-corrected chi connectivity index (χ2v) is 7.04. The van der Waals surface area contributed by atoms with Crippen LogP contribution in [0.4, 0.5) is 4.79 Å². The van der Waals surface area contributed by atoms with Crippen LogP contribution in [0.5, 0.6) is 0 Å². The van der Waals surface area contributed by atoms with E-state index >= 15 is 0 Å². The molecule has 2 saturated heterocycles. The fraction of sp³-hybridized carbons (Fsp3) is 0.579. The third-order valence-corrected chi connectivity index (χ3v) is 5.47. The van der Waals surface area contributed by atoms with Gasteiger partial charge in [-0.1, -0.05) is 30.3 Å². The minimum atomic E-state index is -0.817. The molecule has 2 amide bonds. The predicted octanol–water partition coefficient (Wildman–Crippen LogP) is 2.24. The van der Waals surface area contributed by atoms with Crippen LogP contribution >= 0.6 is 0 Å². The van der Waals surface area contributed by atoms with Gasteiger partial charge in [-0.15, -0.1) is 0 Å². The number of nitrogens with one attached hydrogen (secondary N) is 1. The summed E-state index contributed by atoms with van der Waals surface area (Å²) >= 11 is 0. The molecule has 25 heavy (non-hydrogen) atoms. The number of carboxylic acid groups (broad SMARTS) is 1. The van der Waals surface area contributed by atoms with Crippen molar-refractivity contribution in [2.75, 3.05) is 32.8 Å². The van der Waals surface area contributed by atoms with Crippen molar-refractivity contribution in [3.8, 4) is 0 Å². The predicted molar refractivity (Wildman–Crippen MR) is 93.5 cm³/mol. The van der Waals surface area contributed by atoms with E-state index in [1.807, 2.05) is 18.2 Å². The molecule has 0 aliphatic carbocycles. The molecule has 0 spiro atoms. The van der Waals surface area contributed by atoms with Gasteiger partial charge in [0.1, 0.15) is 0 Å². The van der Waals surface area contributed by atoms with E-state index in [4.69, 9.17) is 4.74 Å². The summed E-state index contributed by atoms with van der Waals surface area (Å²) < 4.78 is 5.52. The molecule has 2 aliphatic heterocycles. The van der Waals surface area contributed by atoms with Gasteiger partial charge in [-0.2, -0.15) is 0 Å². The average molecular weight is 346 g/mol. The van der Waals surface area contributed by atoms with E-state index in [2.05, 4.69) is 17.4 Å². The molecule has 6 nitrogen and oxygen atoms in total. The normalized spacial score (nSPS) is 23.0. The van der Waals surface area contributed by atoms with Gasteiger partial charge in [0.25, 0.3) is 0 Å². The van der Waals surface area contributed by atoms with Gasteiger partial charge < -0.3 is 20.1 Å². The first-order chi connectivity index (χ1) is 12.1. The maximum atomic E-state index is 12.6. The van der Waals surface area contributed by atoms with Crippen LogP contribution in [-0.2, 0) is 14.9 Å². The van der Waals surface area contributed by atoms with Crippen molar-refractivity contribution >= 4 is 12.0 Å². The second kappa shape index (κ2) is 7.87. The number of urea groups is 1. The van der Waals surface area contributed by atoms with Crippen molar-refractivity contribution < 1.29 is 19.4 Å². The molecule has 1 aromatic rings. The Labute approximate surface area is 148 Å². The highest BCUT2D eigenvalue weighted by Crippen LogP contribution is 2.34. The van der Waals surface area contributed by atoms with E-state index in [0.29, 0.717) is 39.3 Å². The summed E-state index contributed by atoms with van der Waals surface area (Å²) in [6.45, 7) is 2.85. The molecule has 136 valence electrons. The molecule has 0 radical (unpaired) electrons. The number of carboxylic acids is 1. The summed E-state index contributed by atoms with van der Waals surface area (Å²) in [7, 11) is 0. The molecular weight excluding hydrogens is 320 g/mol. The highest BCUT2D eigenvalue weighted by atomic mass is 16.5. The molecule has 1 unspecified atom stereocenters. The van der Waals surface area contributed by atoms with Gasteiger partial charge >= 0.3 is 12.0 Å². The molecule has 2 aliphatic rings. The Morgan fingerprint density at radius 2 is 1.96 bits per heavy atom. The molecule has 0 bridgehead atoms. The summed E-state index contributed by atoms with van der Waals surface area (Å²) in [5, 5.41) is 12.2. The Balaban J connectivity index is 1.65. The van der Waals surface area contributed by atoms with Gasteiger partial charge in [-0.25, -0.2) is 4.79 Å². The van der Waals surface area contributed by atoms with Crippen LogP contribution in [0, 0.1) is 5.92 Å². The van der Waals surface area contributed by atoms with E-state index < -0.39 is 11.9 Å². The zero-order valence-corrected chi connectivity index (χ0v) is 14.4. The molecule has 6 heteroatoms. The highest BCUT2D eigenvalue weighted by Gasteiger charge is 2.36. The maximum absolute atomic E-state index is 12.6. The van der Waals surface area contributed by atoms with Crippen molar-refractivity contribution in [1.82, 2.24) is 10.2 Å². The lowest BCUT2D eigenvalue weighted by molar-refractivity contribution is -0.143. The van der Waals surface area contributed by atoms with E-state index in [1.165, 1.54) is 5.56 Å². The number of hydrogen-bond acceptors (Lipinski definition) is 3. The Bertz CT molecular complexity index is 599. The Hall–Kier alpha value is -2.08. The van der Waals surface area contributed by atoms with Crippen LogP contribution in [0.2, 0.25) is 0 Å². The number of ether oxygens (including phenoxy) is 1. The SMILES string of the molecule is O=C(O)C1CCCN(C(=O)NCC2(c3ccccc3)CCOCC2)C1. The molecule has 2 N–H and O–H groups in total. The van der Waals surface area contributed by atoms with Gasteiger partial charge in [-0.3, -0.25) is 4.79 Å². The lowest BCUT2D eigenvalue weighted by Crippen LogP contribution is -2.51. The third kappa shape index (κ3) is 4.12. The molecular formula is C19H26N2O4. The fourth-order valence-electron chi connectivity index (χ4n) is 3.84. The molecule has 2 fully saturated rings. The van der Waals surface area contributed by atoms with Crippen LogP contribution in [0.25, 0.3) is 0 Å². The number of amides is 2. The third-order valence-electron chi connectivity index (χ3n) is 5.47. The average Bonchev–Trinajstić information content (AvgIpc) is 2.67. The minimum absolute atomic E-state index is 0.114. The number of aliphatic carboxylic acids is 1. The summed E-state index contributed by atoms with van der Waals surface area (Å²) in [5.74, 6) is -1.27. The molecule has 1 aromatic carbocycles. The van der Waals surface area contributed by atoms with Crippen molar-refractivity contribution in [2.45, 2.75) is 31.1 Å². The van der Waals surface area contributed by atoms with Crippen molar-refractivity contribution in [3.05, 3.63) is 35.9 Å². The van der Waals surface area contributed by atoms with Crippen molar-refractivity contribution in [2.24, 2.45) is 5.92 Å². The number of nitrogens with zero attached hydrogens (tertiary/aromatic N) is 1. The zero-order valence-electron chi connectivity index (χ0n) is 14.4. The first-order valence-corrected chi connectivity index (χ1v) is 9.00. The van der Waals surface area contributed by atoms with Gasteiger partial charge in [0.05, 0.1) is 5.92 Å². The number of carbonyl (C=O) groups is 2. The summed E-state index contributed by atoms with van der Waals surface area (Å²) in [5.41, 5.74) is 1.11. The van der Waals surface area contributed by atoms with Crippen LogP contribution in [0.3, 0.4) is 0 Å². The Morgan fingerprint density at radius 3 is 2.64 bits per heavy atom. The topological polar surface area (TPSA) is 78.9 Å². The molecule has 3 rings (SSSR count). The van der Waals surface area contributed by atoms with Gasteiger partial charge in [-0.05, 0) is 31.2 Å². The van der Waals surface area contributed by atoms with Crippen LogP contribution in [-0.4, -0.2) is 54.9 Å². The molecule has 1 atom stereocenters. The van der Waals surface area contributed by atoms with E-state index in [-0.39, 0.29) is 11.4 Å². The maximum Gasteiger partial charge on any atom is 0.317 e. The first-order valence-electron chi connectivity index (χ1n) is 9.00. The Kier molecular flexibility index (Phi) is 5.58. The monoisotopic (exact) mass is 346 g/mol. The highest BCUT2D eigenvalue weighted by molar-refractivity contribution is 5.76. The lowest BCUT2D eigenvalue weighted by Gasteiger charge is -2.39. The number of benzene rings is 1. The Morgan fingerprint density at radius 1 is 1.24 bits per heavy atom. The summed E-state index contributed by atoms with van der Waals surface area (Å²) in [6, 6.07) is 10.1. The number of carbonyl (C=O) groups excluding carboxylic acids is 1. The van der Waals surface area contributed by atoms with E-state index in [9.17, 15) is 14.7 Å². The minimum Gasteiger partial charge on any atom is -0.481 e. The quantitative estimate of drug-likeness (QED) is 0.876. The van der Waals surface area contributed by atoms with Gasteiger partial charge in [0, 0.05) is 38.3 Å². The number of likely N-dealkylation sites (tertiary alicyclic amines) is 1. The van der Waals surface area contributed by atoms with Gasteiger partial charge in [0.15, 0.2) is 0 Å². The summed E-state index contributed by atoms with van der Waals surface area (Å²) in [4.78, 5) is 25.4. The lowest BCUT2D eigenvalue weighted by atomic mass is 9.74. The fourth-order valence-corrected chi connectivity index (χ4v) is 3.84. The largest absolute Gasteiger partial charge is 0.481 e. The van der Waals surface area contributed by atoms with Gasteiger partial charge in [0.2, 0.25) is 0 Å². The second-order valence-electron chi connectivity index (χ2n) is 7.04. The molecule has 0 aromatic heterocycles. The van der Waals surface area contributed by atoms with E-state index in [0.717, 1.165) is 19.3 Å². The van der Waals surface area contributed by atoms with Crippen LogP contribution in [0.1, 0.15) is 31.2 Å². The van der Waals surface area contributed by atoms with Crippen molar-refractivity contribution in [1.29, 1.82) is 0 Å².